The Morgan fingerprint density at radius 3 is 2.50 bits per heavy atom. The monoisotopic (exact) mass is 221 g/mol. The van der Waals surface area contributed by atoms with Gasteiger partial charge in [-0.3, -0.25) is 4.90 Å². The second kappa shape index (κ2) is 4.96. The lowest BCUT2D eigenvalue weighted by molar-refractivity contribution is 0.112. The number of likely N-dealkylation sites (tertiary alicyclic amines) is 1. The highest BCUT2D eigenvalue weighted by molar-refractivity contribution is 5.20. The van der Waals surface area contributed by atoms with Crippen LogP contribution in [0, 0.1) is 5.82 Å². The number of nitrogens with zero attached hydrogens (tertiary/aromatic N) is 1. The van der Waals surface area contributed by atoms with Gasteiger partial charge in [0.05, 0.1) is 0 Å². The number of hydrogen-bond acceptors (Lipinski definition) is 1. The van der Waals surface area contributed by atoms with Crippen LogP contribution < -0.4 is 0 Å². The van der Waals surface area contributed by atoms with Gasteiger partial charge in [0.25, 0.3) is 0 Å². The average molecular weight is 221 g/mol. The summed E-state index contributed by atoms with van der Waals surface area (Å²) in [6.45, 7) is 5.64. The first-order chi connectivity index (χ1) is 7.68. The number of halogens is 1. The third-order valence-corrected chi connectivity index (χ3v) is 3.46. The largest absolute Gasteiger partial charge is 0.294 e. The van der Waals surface area contributed by atoms with Crippen LogP contribution in [0.3, 0.4) is 0 Å². The van der Waals surface area contributed by atoms with E-state index in [1.165, 1.54) is 31.4 Å². The normalized spacial score (nSPS) is 22.6. The second-order valence-corrected chi connectivity index (χ2v) is 4.89. The Bertz CT molecular complexity index is 331. The SMILES string of the molecule is CC(C)N1CCCC[C@H]1c1ccc(F)cc1. The molecule has 1 saturated heterocycles. The van der Waals surface area contributed by atoms with E-state index in [4.69, 9.17) is 0 Å². The molecule has 16 heavy (non-hydrogen) atoms. The minimum absolute atomic E-state index is 0.143. The van der Waals surface area contributed by atoms with Crippen LogP contribution in [0.2, 0.25) is 0 Å². The minimum Gasteiger partial charge on any atom is -0.294 e. The highest BCUT2D eigenvalue weighted by Gasteiger charge is 2.25. The Hall–Kier alpha value is -0.890. The zero-order valence-corrected chi connectivity index (χ0v) is 10.1. The quantitative estimate of drug-likeness (QED) is 0.735. The smallest absolute Gasteiger partial charge is 0.123 e. The molecule has 1 aliphatic rings. The van der Waals surface area contributed by atoms with Crippen molar-refractivity contribution in [3.8, 4) is 0 Å². The molecule has 0 bridgehead atoms. The molecule has 0 aliphatic carbocycles. The summed E-state index contributed by atoms with van der Waals surface area (Å²) in [5.74, 6) is -0.143. The zero-order valence-electron chi connectivity index (χ0n) is 10.1. The Kier molecular flexibility index (Phi) is 3.59. The van der Waals surface area contributed by atoms with Gasteiger partial charge in [-0.25, -0.2) is 4.39 Å². The van der Waals surface area contributed by atoms with Crippen molar-refractivity contribution < 1.29 is 4.39 Å². The molecule has 1 nitrogen and oxygen atoms in total. The summed E-state index contributed by atoms with van der Waals surface area (Å²) in [7, 11) is 0. The van der Waals surface area contributed by atoms with Crippen LogP contribution in [0.5, 0.6) is 0 Å². The lowest BCUT2D eigenvalue weighted by Gasteiger charge is -2.39. The Balaban J connectivity index is 2.19. The van der Waals surface area contributed by atoms with Gasteiger partial charge in [0.1, 0.15) is 5.82 Å². The van der Waals surface area contributed by atoms with Crippen molar-refractivity contribution in [3.05, 3.63) is 35.6 Å². The highest BCUT2D eigenvalue weighted by Crippen LogP contribution is 2.32. The Morgan fingerprint density at radius 1 is 1.19 bits per heavy atom. The van der Waals surface area contributed by atoms with Crippen LogP contribution in [0.25, 0.3) is 0 Å². The molecule has 1 heterocycles. The van der Waals surface area contributed by atoms with Crippen molar-refractivity contribution in [3.63, 3.8) is 0 Å². The lowest BCUT2D eigenvalue weighted by atomic mass is 9.94. The number of benzene rings is 1. The molecule has 0 amide bonds. The van der Waals surface area contributed by atoms with Crippen LogP contribution in [0.15, 0.2) is 24.3 Å². The van der Waals surface area contributed by atoms with Crippen molar-refractivity contribution in [2.45, 2.75) is 45.2 Å². The molecule has 2 heteroatoms. The van der Waals surface area contributed by atoms with Gasteiger partial charge in [0.15, 0.2) is 0 Å². The summed E-state index contributed by atoms with van der Waals surface area (Å²) in [6.07, 6.45) is 3.77. The van der Waals surface area contributed by atoms with E-state index in [-0.39, 0.29) is 5.82 Å². The van der Waals surface area contributed by atoms with Crippen molar-refractivity contribution in [2.24, 2.45) is 0 Å². The third kappa shape index (κ3) is 2.43. The van der Waals surface area contributed by atoms with Gasteiger partial charge in [0.2, 0.25) is 0 Å². The van der Waals surface area contributed by atoms with E-state index in [2.05, 4.69) is 18.7 Å². The maximum atomic E-state index is 12.9. The molecule has 0 aromatic heterocycles. The minimum atomic E-state index is -0.143. The third-order valence-electron chi connectivity index (χ3n) is 3.46. The number of piperidine rings is 1. The summed E-state index contributed by atoms with van der Waals surface area (Å²) in [4.78, 5) is 2.52. The zero-order chi connectivity index (χ0) is 11.5. The molecule has 1 atom stereocenters. The van der Waals surface area contributed by atoms with Crippen LogP contribution in [0.4, 0.5) is 4.39 Å². The fourth-order valence-corrected chi connectivity index (χ4v) is 2.61. The fraction of sp³-hybridized carbons (Fsp3) is 0.571. The molecular weight excluding hydrogens is 201 g/mol. The predicted octanol–water partition coefficient (Wildman–Crippen LogP) is 3.76. The van der Waals surface area contributed by atoms with Gasteiger partial charge >= 0.3 is 0 Å². The maximum absolute atomic E-state index is 12.9. The van der Waals surface area contributed by atoms with Gasteiger partial charge in [-0.05, 0) is 50.9 Å². The first-order valence-electron chi connectivity index (χ1n) is 6.19. The molecule has 88 valence electrons. The molecule has 0 unspecified atom stereocenters. The van der Waals surface area contributed by atoms with Gasteiger partial charge in [-0.2, -0.15) is 0 Å². The summed E-state index contributed by atoms with van der Waals surface area (Å²) in [5, 5.41) is 0. The van der Waals surface area contributed by atoms with E-state index >= 15 is 0 Å². The summed E-state index contributed by atoms with van der Waals surface area (Å²) in [6, 6.07) is 8.05. The molecule has 1 aliphatic heterocycles. The highest BCUT2D eigenvalue weighted by atomic mass is 19.1. The number of hydrogen-bond donors (Lipinski definition) is 0. The topological polar surface area (TPSA) is 3.24 Å². The van der Waals surface area contributed by atoms with Gasteiger partial charge in [0, 0.05) is 12.1 Å². The van der Waals surface area contributed by atoms with Gasteiger partial charge in [-0.1, -0.05) is 18.6 Å². The van der Waals surface area contributed by atoms with Crippen LogP contribution in [-0.4, -0.2) is 17.5 Å². The summed E-state index contributed by atoms with van der Waals surface area (Å²) in [5.41, 5.74) is 1.26. The van der Waals surface area contributed by atoms with Gasteiger partial charge in [-0.15, -0.1) is 0 Å². The second-order valence-electron chi connectivity index (χ2n) is 4.89. The fourth-order valence-electron chi connectivity index (χ4n) is 2.61. The molecule has 0 radical (unpaired) electrons. The molecular formula is C14H20FN. The van der Waals surface area contributed by atoms with E-state index in [1.54, 1.807) is 12.1 Å². The van der Waals surface area contributed by atoms with E-state index in [0.29, 0.717) is 12.1 Å². The van der Waals surface area contributed by atoms with Crippen LogP contribution in [-0.2, 0) is 0 Å². The van der Waals surface area contributed by atoms with Crippen molar-refractivity contribution in [1.29, 1.82) is 0 Å². The van der Waals surface area contributed by atoms with Gasteiger partial charge < -0.3 is 0 Å². The molecule has 1 fully saturated rings. The van der Waals surface area contributed by atoms with Crippen molar-refractivity contribution >= 4 is 0 Å². The molecule has 0 spiro atoms. The summed E-state index contributed by atoms with van der Waals surface area (Å²) < 4.78 is 12.9. The average Bonchev–Trinajstić information content (AvgIpc) is 2.30. The van der Waals surface area contributed by atoms with E-state index < -0.39 is 0 Å². The van der Waals surface area contributed by atoms with Crippen molar-refractivity contribution in [1.82, 2.24) is 4.90 Å². The molecule has 1 aromatic rings. The van der Waals surface area contributed by atoms with E-state index in [0.717, 1.165) is 0 Å². The molecule has 0 saturated carbocycles. The Morgan fingerprint density at radius 2 is 1.88 bits per heavy atom. The molecule has 2 rings (SSSR count). The van der Waals surface area contributed by atoms with E-state index in [9.17, 15) is 4.39 Å². The molecule has 1 aromatic carbocycles. The van der Waals surface area contributed by atoms with Crippen LogP contribution >= 0.6 is 0 Å². The first kappa shape index (κ1) is 11.6. The first-order valence-corrected chi connectivity index (χ1v) is 6.19. The predicted molar refractivity (Wildman–Crippen MR) is 64.8 cm³/mol. The molecule has 0 N–H and O–H groups in total. The maximum Gasteiger partial charge on any atom is 0.123 e. The van der Waals surface area contributed by atoms with Crippen LogP contribution in [0.1, 0.15) is 44.7 Å². The lowest BCUT2D eigenvalue weighted by Crippen LogP contribution is -2.38. The standard InChI is InChI=1S/C14H20FN/c1-11(2)16-10-4-3-5-14(16)12-6-8-13(15)9-7-12/h6-9,11,14H,3-5,10H2,1-2H3/t14-/m0/s1. The number of rotatable bonds is 2. The van der Waals surface area contributed by atoms with Crippen molar-refractivity contribution in [2.75, 3.05) is 6.54 Å². The summed E-state index contributed by atoms with van der Waals surface area (Å²) >= 11 is 0. The Labute approximate surface area is 97.3 Å². The van der Waals surface area contributed by atoms with E-state index in [1.807, 2.05) is 12.1 Å².